The summed E-state index contributed by atoms with van der Waals surface area (Å²) in [5, 5.41) is 8.63. The molecule has 1 N–H and O–H groups in total. The van der Waals surface area contributed by atoms with Crippen molar-refractivity contribution in [2.24, 2.45) is 5.92 Å². The average Bonchev–Trinajstić information content (AvgIpc) is 2.59. The van der Waals surface area contributed by atoms with Crippen LogP contribution >= 0.6 is 0 Å². The summed E-state index contributed by atoms with van der Waals surface area (Å²) in [5.41, 5.74) is 0. The highest BCUT2D eigenvalue weighted by atomic mass is 16.4. The van der Waals surface area contributed by atoms with Crippen molar-refractivity contribution in [3.63, 3.8) is 0 Å². The number of nitrogens with zero attached hydrogens (tertiary/aromatic N) is 3. The van der Waals surface area contributed by atoms with Gasteiger partial charge >= 0.3 is 12.0 Å². The zero-order valence-corrected chi connectivity index (χ0v) is 11.9. The van der Waals surface area contributed by atoms with Crippen LogP contribution < -0.4 is 0 Å². The van der Waals surface area contributed by atoms with E-state index in [1.165, 1.54) is 4.90 Å². The Morgan fingerprint density at radius 3 is 2.48 bits per heavy atom. The van der Waals surface area contributed by atoms with Gasteiger partial charge in [0.25, 0.3) is 0 Å². The Bertz CT molecular complexity index is 472. The highest BCUT2D eigenvalue weighted by molar-refractivity contribution is 6.01. The molecule has 0 radical (unpaired) electrons. The summed E-state index contributed by atoms with van der Waals surface area (Å²) in [7, 11) is 1.56. The van der Waals surface area contributed by atoms with Crippen molar-refractivity contribution in [1.29, 1.82) is 0 Å². The van der Waals surface area contributed by atoms with Gasteiger partial charge in [0.2, 0.25) is 11.8 Å². The molecule has 0 unspecified atom stereocenters. The molecule has 0 aromatic heterocycles. The predicted molar refractivity (Wildman–Crippen MR) is 71.3 cm³/mol. The largest absolute Gasteiger partial charge is 0.481 e. The van der Waals surface area contributed by atoms with E-state index in [0.717, 1.165) is 4.90 Å². The lowest BCUT2D eigenvalue weighted by molar-refractivity contribution is -0.145. The first-order valence-corrected chi connectivity index (χ1v) is 6.93. The number of carbonyl (C=O) groups is 4. The van der Waals surface area contributed by atoms with Crippen LogP contribution in [0.3, 0.4) is 0 Å². The molecule has 2 aliphatic heterocycles. The van der Waals surface area contributed by atoms with Crippen LogP contribution in [-0.4, -0.2) is 76.8 Å². The molecule has 0 atom stereocenters. The predicted octanol–water partition coefficient (Wildman–Crippen LogP) is -0.406. The summed E-state index contributed by atoms with van der Waals surface area (Å²) in [6, 6.07) is -0.321. The normalized spacial score (nSPS) is 19.2. The smallest absolute Gasteiger partial charge is 0.326 e. The molecule has 4 amide bonds. The molecule has 0 aromatic carbocycles. The van der Waals surface area contributed by atoms with E-state index in [1.54, 1.807) is 11.9 Å². The van der Waals surface area contributed by atoms with Crippen molar-refractivity contribution >= 4 is 23.8 Å². The zero-order chi connectivity index (χ0) is 15.6. The highest BCUT2D eigenvalue weighted by Crippen LogP contribution is 2.20. The Hall–Kier alpha value is -2.12. The van der Waals surface area contributed by atoms with Crippen LogP contribution in [-0.2, 0) is 14.4 Å². The first-order valence-electron chi connectivity index (χ1n) is 6.93. The van der Waals surface area contributed by atoms with Crippen LogP contribution in [0.4, 0.5) is 4.79 Å². The van der Waals surface area contributed by atoms with E-state index >= 15 is 0 Å². The molecule has 0 saturated carbocycles. The lowest BCUT2D eigenvalue weighted by Crippen LogP contribution is -2.50. The Labute approximate surface area is 122 Å². The minimum atomic E-state index is -0.845. The Kier molecular flexibility index (Phi) is 4.44. The first-order chi connectivity index (χ1) is 9.88. The van der Waals surface area contributed by atoms with Gasteiger partial charge in [0.05, 0.1) is 6.42 Å². The van der Waals surface area contributed by atoms with Crippen molar-refractivity contribution in [3.8, 4) is 0 Å². The van der Waals surface area contributed by atoms with Crippen LogP contribution in [0.1, 0.15) is 19.3 Å². The van der Waals surface area contributed by atoms with Crippen molar-refractivity contribution in [2.45, 2.75) is 19.3 Å². The van der Waals surface area contributed by atoms with Gasteiger partial charge in [0, 0.05) is 39.0 Å². The molecule has 21 heavy (non-hydrogen) atoms. The number of rotatable bonds is 6. The summed E-state index contributed by atoms with van der Waals surface area (Å²) in [5.74, 6) is -1.09. The number of likely N-dealkylation sites (N-methyl/N-ethyl adjacent to an activating group) is 1. The molecule has 116 valence electrons. The average molecular weight is 297 g/mol. The number of hydrogen-bond acceptors (Lipinski definition) is 4. The van der Waals surface area contributed by atoms with E-state index in [4.69, 9.17) is 5.11 Å². The second-order valence-electron chi connectivity index (χ2n) is 5.55. The molecule has 0 bridgehead atoms. The molecular weight excluding hydrogens is 278 g/mol. The summed E-state index contributed by atoms with van der Waals surface area (Å²) in [6.07, 6.45) is 0.789. The molecule has 0 spiro atoms. The van der Waals surface area contributed by atoms with Crippen molar-refractivity contribution in [3.05, 3.63) is 0 Å². The van der Waals surface area contributed by atoms with E-state index in [9.17, 15) is 19.2 Å². The summed E-state index contributed by atoms with van der Waals surface area (Å²) < 4.78 is 0. The number of urea groups is 1. The van der Waals surface area contributed by atoms with Gasteiger partial charge in [-0.3, -0.25) is 19.3 Å². The second-order valence-corrected chi connectivity index (χ2v) is 5.55. The Balaban J connectivity index is 1.66. The third kappa shape index (κ3) is 3.50. The maximum Gasteiger partial charge on any atom is 0.326 e. The van der Waals surface area contributed by atoms with Crippen LogP contribution in [0.15, 0.2) is 0 Å². The van der Waals surface area contributed by atoms with E-state index in [1.807, 2.05) is 0 Å². The topological polar surface area (TPSA) is 98.2 Å². The molecule has 0 aliphatic carbocycles. The number of aliphatic carboxylic acids is 1. The molecular formula is C13H19N3O5. The summed E-state index contributed by atoms with van der Waals surface area (Å²) >= 11 is 0. The lowest BCUT2D eigenvalue weighted by atomic mass is 9.96. The summed E-state index contributed by atoms with van der Waals surface area (Å²) in [4.78, 5) is 49.6. The molecule has 8 nitrogen and oxygen atoms in total. The van der Waals surface area contributed by atoms with Crippen LogP contribution in [0, 0.1) is 5.92 Å². The van der Waals surface area contributed by atoms with E-state index in [0.29, 0.717) is 19.5 Å². The van der Waals surface area contributed by atoms with Crippen molar-refractivity contribution in [2.75, 3.05) is 33.2 Å². The Morgan fingerprint density at radius 1 is 1.29 bits per heavy atom. The number of carboxylic acids is 1. The maximum absolute atomic E-state index is 11.8. The number of amides is 4. The Morgan fingerprint density at radius 2 is 1.95 bits per heavy atom. The molecule has 0 aromatic rings. The van der Waals surface area contributed by atoms with Gasteiger partial charge in [-0.15, -0.1) is 0 Å². The van der Waals surface area contributed by atoms with Crippen LogP contribution in [0.5, 0.6) is 0 Å². The van der Waals surface area contributed by atoms with Gasteiger partial charge in [-0.1, -0.05) is 0 Å². The fraction of sp³-hybridized carbons (Fsp3) is 0.692. The maximum atomic E-state index is 11.8. The van der Waals surface area contributed by atoms with Crippen LogP contribution in [0.2, 0.25) is 0 Å². The van der Waals surface area contributed by atoms with Gasteiger partial charge in [0.1, 0.15) is 6.54 Å². The van der Waals surface area contributed by atoms with E-state index in [2.05, 4.69) is 0 Å². The molecule has 2 rings (SSSR count). The lowest BCUT2D eigenvalue weighted by Gasteiger charge is -2.38. The molecule has 2 saturated heterocycles. The molecule has 2 heterocycles. The monoisotopic (exact) mass is 297 g/mol. The fourth-order valence-corrected chi connectivity index (χ4v) is 2.59. The number of likely N-dealkylation sites (tertiary alicyclic amines) is 1. The fourth-order valence-electron chi connectivity index (χ4n) is 2.59. The van der Waals surface area contributed by atoms with Crippen molar-refractivity contribution in [1.82, 2.24) is 14.7 Å². The van der Waals surface area contributed by atoms with Crippen molar-refractivity contribution < 1.29 is 24.3 Å². The number of imide groups is 1. The molecule has 2 aliphatic rings. The van der Waals surface area contributed by atoms with Crippen LogP contribution in [0.25, 0.3) is 0 Å². The number of carbonyl (C=O) groups excluding carboxylic acids is 3. The first kappa shape index (κ1) is 15.3. The molecule has 8 heteroatoms. The number of carboxylic acid groups (broad SMARTS) is 1. The quantitative estimate of drug-likeness (QED) is 0.672. The van der Waals surface area contributed by atoms with Gasteiger partial charge < -0.3 is 14.9 Å². The molecule has 2 fully saturated rings. The SMILES string of the molecule is CN1CC(=O)N(CCCC(=O)N2CC(CC(=O)O)C2)C1=O. The second kappa shape index (κ2) is 6.11. The van der Waals surface area contributed by atoms with Gasteiger partial charge in [-0.2, -0.15) is 0 Å². The third-order valence-electron chi connectivity index (χ3n) is 3.78. The number of hydrogen-bond donors (Lipinski definition) is 1. The highest BCUT2D eigenvalue weighted by Gasteiger charge is 2.34. The third-order valence-corrected chi connectivity index (χ3v) is 3.78. The minimum absolute atomic E-state index is 0.0434. The minimum Gasteiger partial charge on any atom is -0.481 e. The van der Waals surface area contributed by atoms with Gasteiger partial charge in [-0.25, -0.2) is 4.79 Å². The summed E-state index contributed by atoms with van der Waals surface area (Å²) in [6.45, 7) is 1.31. The van der Waals surface area contributed by atoms with E-state index < -0.39 is 5.97 Å². The standard InChI is InChI=1S/C13H19N3O5/c1-14-8-11(18)16(13(14)21)4-2-3-10(17)15-6-9(7-15)5-12(19)20/h9H,2-8H2,1H3,(H,19,20). The van der Waals surface area contributed by atoms with Gasteiger partial charge in [0.15, 0.2) is 0 Å². The van der Waals surface area contributed by atoms with Gasteiger partial charge in [-0.05, 0) is 6.42 Å². The zero-order valence-electron chi connectivity index (χ0n) is 11.9. The van der Waals surface area contributed by atoms with E-state index in [-0.39, 0.29) is 49.7 Å².